The van der Waals surface area contributed by atoms with Crippen molar-refractivity contribution in [2.45, 2.75) is 0 Å². The lowest BCUT2D eigenvalue weighted by molar-refractivity contribution is 0.0926. The van der Waals surface area contributed by atoms with Gasteiger partial charge in [-0.05, 0) is 70.3 Å². The van der Waals surface area contributed by atoms with Crippen LogP contribution in [0.2, 0.25) is 0 Å². The number of carbonyl (C=O) groups is 2. The second-order valence-corrected chi connectivity index (χ2v) is 12.1. The first kappa shape index (κ1) is 27.8. The highest BCUT2D eigenvalue weighted by atomic mass is 16.2. The molecule has 1 aliphatic rings. The van der Waals surface area contributed by atoms with E-state index in [2.05, 4.69) is 65.2 Å². The van der Waals surface area contributed by atoms with E-state index in [9.17, 15) is 9.59 Å². The fourth-order valence-electron chi connectivity index (χ4n) is 7.11. The van der Waals surface area contributed by atoms with E-state index in [1.165, 1.54) is 4.90 Å². The number of imide groups is 1. The molecule has 2 amide bonds. The van der Waals surface area contributed by atoms with E-state index in [1.54, 1.807) is 6.07 Å². The highest BCUT2D eigenvalue weighted by molar-refractivity contribution is 6.36. The molecule has 8 aromatic rings. The predicted octanol–water partition coefficient (Wildman–Crippen LogP) is 10.6. The maximum absolute atomic E-state index is 14.7. The van der Waals surface area contributed by atoms with Gasteiger partial charge in [-0.3, -0.25) is 9.59 Å². The minimum Gasteiger partial charge on any atom is -0.308 e. The van der Waals surface area contributed by atoms with Crippen LogP contribution in [-0.4, -0.2) is 16.4 Å². The molecular formula is C44H28N2O2. The van der Waals surface area contributed by atoms with Gasteiger partial charge in [-0.15, -0.1) is 0 Å². The number of para-hydroxylation sites is 1. The quantitative estimate of drug-likeness (QED) is 0.181. The van der Waals surface area contributed by atoms with Gasteiger partial charge < -0.3 is 4.57 Å². The van der Waals surface area contributed by atoms with Gasteiger partial charge in [0.25, 0.3) is 11.8 Å². The lowest BCUT2D eigenvalue weighted by atomic mass is 9.97. The summed E-state index contributed by atoms with van der Waals surface area (Å²) in [6, 6.07) is 56.6. The third-order valence-corrected chi connectivity index (χ3v) is 9.34. The maximum Gasteiger partial charge on any atom is 0.268 e. The Morgan fingerprint density at radius 3 is 1.65 bits per heavy atom. The SMILES string of the molecule is O=C1c2cccc(-n3c4ccccc4c4cc(-c5ccccc5)ccc43)c2C(=O)N1c1ccc(-c2ccccc2)cc1-c1ccccc1. The smallest absolute Gasteiger partial charge is 0.268 e. The van der Waals surface area contributed by atoms with Gasteiger partial charge in [0.2, 0.25) is 0 Å². The Kier molecular flexibility index (Phi) is 6.41. The molecule has 4 heteroatoms. The number of anilines is 1. The number of rotatable bonds is 5. The van der Waals surface area contributed by atoms with Crippen LogP contribution in [0.15, 0.2) is 170 Å². The van der Waals surface area contributed by atoms with Crippen molar-refractivity contribution in [3.63, 3.8) is 0 Å². The maximum atomic E-state index is 14.7. The third-order valence-electron chi connectivity index (χ3n) is 9.34. The Bertz CT molecular complexity index is 2530. The van der Waals surface area contributed by atoms with Crippen LogP contribution in [0.4, 0.5) is 5.69 Å². The molecule has 0 N–H and O–H groups in total. The van der Waals surface area contributed by atoms with E-state index in [0.29, 0.717) is 22.5 Å². The minimum absolute atomic E-state index is 0.325. The summed E-state index contributed by atoms with van der Waals surface area (Å²) in [7, 11) is 0. The lowest BCUT2D eigenvalue weighted by Gasteiger charge is -2.20. The topological polar surface area (TPSA) is 42.3 Å². The summed E-state index contributed by atoms with van der Waals surface area (Å²) < 4.78 is 2.13. The summed E-state index contributed by atoms with van der Waals surface area (Å²) in [5.41, 5.74) is 10.1. The standard InChI is InChI=1S/C44H28N2O2/c47-43-35-20-12-22-41(45-38-21-11-10-19-34(38)37-28-33(24-26-40(37)45)30-15-6-2-7-16-30)42(35)44(48)46(43)39-25-23-32(29-13-4-1-5-14-29)27-36(39)31-17-8-3-9-18-31/h1-28H. The molecular weight excluding hydrogens is 588 g/mol. The van der Waals surface area contributed by atoms with Crippen molar-refractivity contribution >= 4 is 39.3 Å². The fourth-order valence-corrected chi connectivity index (χ4v) is 7.11. The molecule has 0 spiro atoms. The molecule has 0 fully saturated rings. The molecule has 0 unspecified atom stereocenters. The van der Waals surface area contributed by atoms with Crippen molar-refractivity contribution in [2.24, 2.45) is 0 Å². The molecule has 2 heterocycles. The van der Waals surface area contributed by atoms with Crippen LogP contribution < -0.4 is 4.90 Å². The Labute approximate surface area is 277 Å². The Morgan fingerprint density at radius 1 is 0.354 bits per heavy atom. The zero-order valence-electron chi connectivity index (χ0n) is 25.9. The molecule has 7 aromatic carbocycles. The van der Waals surface area contributed by atoms with Gasteiger partial charge in [0, 0.05) is 16.3 Å². The predicted molar refractivity (Wildman–Crippen MR) is 195 cm³/mol. The average molecular weight is 617 g/mol. The first-order valence-corrected chi connectivity index (χ1v) is 16.0. The van der Waals surface area contributed by atoms with E-state index < -0.39 is 0 Å². The molecule has 4 nitrogen and oxygen atoms in total. The highest BCUT2D eigenvalue weighted by Gasteiger charge is 2.40. The summed E-state index contributed by atoms with van der Waals surface area (Å²) in [6.07, 6.45) is 0. The number of hydrogen-bond donors (Lipinski definition) is 0. The van der Waals surface area contributed by atoms with E-state index in [-0.39, 0.29) is 11.8 Å². The molecule has 0 radical (unpaired) electrons. The van der Waals surface area contributed by atoms with Crippen molar-refractivity contribution in [2.75, 3.05) is 4.90 Å². The summed E-state index contributed by atoms with van der Waals surface area (Å²) >= 11 is 0. The second kappa shape index (κ2) is 11.1. The fraction of sp³-hybridized carbons (Fsp3) is 0. The normalized spacial score (nSPS) is 12.6. The number of carbonyl (C=O) groups excluding carboxylic acids is 2. The van der Waals surface area contributed by atoms with Gasteiger partial charge in [-0.2, -0.15) is 0 Å². The van der Waals surface area contributed by atoms with Gasteiger partial charge in [0.15, 0.2) is 0 Å². The van der Waals surface area contributed by atoms with E-state index >= 15 is 0 Å². The number of benzene rings is 7. The van der Waals surface area contributed by atoms with Crippen molar-refractivity contribution in [3.05, 3.63) is 181 Å². The average Bonchev–Trinajstić information content (AvgIpc) is 3.62. The van der Waals surface area contributed by atoms with Crippen LogP contribution in [0, 0.1) is 0 Å². The van der Waals surface area contributed by atoms with Crippen LogP contribution in [0.3, 0.4) is 0 Å². The molecule has 0 saturated carbocycles. The Balaban J connectivity index is 1.22. The molecule has 226 valence electrons. The summed E-state index contributed by atoms with van der Waals surface area (Å²) in [4.78, 5) is 30.3. The summed E-state index contributed by atoms with van der Waals surface area (Å²) in [6.45, 7) is 0. The van der Waals surface area contributed by atoms with Gasteiger partial charge in [0.1, 0.15) is 0 Å². The molecule has 1 aromatic heterocycles. The zero-order valence-corrected chi connectivity index (χ0v) is 25.9. The third kappa shape index (κ3) is 4.31. The van der Waals surface area contributed by atoms with Crippen LogP contribution in [-0.2, 0) is 0 Å². The van der Waals surface area contributed by atoms with E-state index in [4.69, 9.17) is 0 Å². The summed E-state index contributed by atoms with van der Waals surface area (Å²) in [5, 5.41) is 2.17. The van der Waals surface area contributed by atoms with Gasteiger partial charge in [-0.25, -0.2) is 4.90 Å². The van der Waals surface area contributed by atoms with Crippen LogP contribution in [0.25, 0.3) is 60.9 Å². The second-order valence-electron chi connectivity index (χ2n) is 12.1. The number of nitrogens with zero attached hydrogens (tertiary/aromatic N) is 2. The lowest BCUT2D eigenvalue weighted by Crippen LogP contribution is -2.30. The minimum atomic E-state index is -0.331. The Morgan fingerprint density at radius 2 is 0.938 bits per heavy atom. The van der Waals surface area contributed by atoms with E-state index in [1.807, 2.05) is 103 Å². The molecule has 0 aliphatic carbocycles. The number of aromatic nitrogens is 1. The van der Waals surface area contributed by atoms with Crippen molar-refractivity contribution in [3.8, 4) is 39.1 Å². The van der Waals surface area contributed by atoms with Crippen molar-refractivity contribution in [1.29, 1.82) is 0 Å². The number of amides is 2. The van der Waals surface area contributed by atoms with Gasteiger partial charge >= 0.3 is 0 Å². The van der Waals surface area contributed by atoms with Crippen LogP contribution >= 0.6 is 0 Å². The van der Waals surface area contributed by atoms with Crippen LogP contribution in [0.5, 0.6) is 0 Å². The number of fused-ring (bicyclic) bond motifs is 4. The largest absolute Gasteiger partial charge is 0.308 e. The van der Waals surface area contributed by atoms with Crippen molar-refractivity contribution in [1.82, 2.24) is 4.57 Å². The Hall–Kier alpha value is -6.52. The molecule has 0 atom stereocenters. The monoisotopic (exact) mass is 616 g/mol. The first-order chi connectivity index (χ1) is 23.7. The molecule has 9 rings (SSSR count). The zero-order chi connectivity index (χ0) is 32.2. The first-order valence-electron chi connectivity index (χ1n) is 16.0. The summed E-state index contributed by atoms with van der Waals surface area (Å²) in [5.74, 6) is -0.657. The van der Waals surface area contributed by atoms with Gasteiger partial charge in [0.05, 0.1) is 33.5 Å². The molecule has 48 heavy (non-hydrogen) atoms. The highest BCUT2D eigenvalue weighted by Crippen LogP contribution is 2.42. The van der Waals surface area contributed by atoms with Gasteiger partial charge in [-0.1, -0.05) is 127 Å². The molecule has 1 aliphatic heterocycles. The molecule has 0 saturated heterocycles. The molecule has 0 bridgehead atoms. The number of hydrogen-bond acceptors (Lipinski definition) is 2. The van der Waals surface area contributed by atoms with Crippen molar-refractivity contribution < 1.29 is 9.59 Å². The van der Waals surface area contributed by atoms with Crippen LogP contribution in [0.1, 0.15) is 20.7 Å². The van der Waals surface area contributed by atoms with E-state index in [0.717, 1.165) is 55.2 Å².